The Morgan fingerprint density at radius 1 is 0.900 bits per heavy atom. The summed E-state index contributed by atoms with van der Waals surface area (Å²) in [7, 11) is 0. The lowest BCUT2D eigenvalue weighted by Crippen LogP contribution is -2.00. The van der Waals surface area contributed by atoms with Gasteiger partial charge in [0, 0.05) is 33.8 Å². The van der Waals surface area contributed by atoms with Crippen molar-refractivity contribution in [3.63, 3.8) is 0 Å². The van der Waals surface area contributed by atoms with Crippen LogP contribution >= 0.6 is 12.6 Å². The van der Waals surface area contributed by atoms with E-state index in [9.17, 15) is 0 Å². The molecule has 0 aliphatic carbocycles. The normalized spacial score (nSPS) is 11.0. The number of thiol groups is 1. The molecule has 5 rings (SSSR count). The standard InChI is InChI=1S/C24H18N4OS/c30-23-13-18-3-1-2-4-21(18)27-22(23)15-29-19-7-5-17(6-8-19)24-20(14-26-28-24)16-9-11-25-12-10-16/h1-14,30H,15H2,(H,26,28). The molecule has 0 radical (unpaired) electrons. The van der Waals surface area contributed by atoms with Crippen LogP contribution in [0.25, 0.3) is 33.3 Å². The third-order valence-corrected chi connectivity index (χ3v) is 5.32. The van der Waals surface area contributed by atoms with Crippen LogP contribution < -0.4 is 4.74 Å². The Morgan fingerprint density at radius 2 is 1.70 bits per heavy atom. The topological polar surface area (TPSA) is 63.7 Å². The molecule has 0 unspecified atom stereocenters. The van der Waals surface area contributed by atoms with E-state index < -0.39 is 0 Å². The maximum atomic E-state index is 5.96. The highest BCUT2D eigenvalue weighted by Crippen LogP contribution is 2.31. The van der Waals surface area contributed by atoms with Gasteiger partial charge in [-0.05, 0) is 54.1 Å². The van der Waals surface area contributed by atoms with Crippen molar-refractivity contribution in [3.05, 3.63) is 91.0 Å². The Balaban J connectivity index is 1.34. The fourth-order valence-corrected chi connectivity index (χ4v) is 3.63. The molecule has 2 aromatic carbocycles. The summed E-state index contributed by atoms with van der Waals surface area (Å²) < 4.78 is 5.96. The second-order valence-electron chi connectivity index (χ2n) is 6.85. The predicted molar refractivity (Wildman–Crippen MR) is 121 cm³/mol. The Hall–Kier alpha value is -3.64. The molecular formula is C24H18N4OS. The summed E-state index contributed by atoms with van der Waals surface area (Å²) in [5.41, 5.74) is 5.85. The first-order valence-corrected chi connectivity index (χ1v) is 9.97. The maximum Gasteiger partial charge on any atom is 0.131 e. The average molecular weight is 411 g/mol. The number of aromatic amines is 1. The number of nitrogens with one attached hydrogen (secondary N) is 1. The summed E-state index contributed by atoms with van der Waals surface area (Å²) in [4.78, 5) is 9.58. The molecule has 0 aliphatic heterocycles. The number of fused-ring (bicyclic) bond motifs is 1. The number of para-hydroxylation sites is 1. The quantitative estimate of drug-likeness (QED) is 0.373. The molecule has 0 fully saturated rings. The number of H-pyrrole nitrogens is 1. The van der Waals surface area contributed by atoms with Gasteiger partial charge in [-0.1, -0.05) is 18.2 Å². The molecule has 0 saturated carbocycles. The van der Waals surface area contributed by atoms with Gasteiger partial charge >= 0.3 is 0 Å². The number of aromatic nitrogens is 4. The van der Waals surface area contributed by atoms with E-state index in [0.29, 0.717) is 6.61 Å². The van der Waals surface area contributed by atoms with Gasteiger partial charge in [0.1, 0.15) is 12.4 Å². The zero-order chi connectivity index (χ0) is 20.3. The van der Waals surface area contributed by atoms with Gasteiger partial charge in [0.05, 0.1) is 23.1 Å². The molecule has 30 heavy (non-hydrogen) atoms. The van der Waals surface area contributed by atoms with Crippen LogP contribution in [0.4, 0.5) is 0 Å². The number of benzene rings is 2. The molecule has 0 amide bonds. The Morgan fingerprint density at radius 3 is 2.53 bits per heavy atom. The van der Waals surface area contributed by atoms with Crippen LogP contribution in [0.3, 0.4) is 0 Å². The van der Waals surface area contributed by atoms with E-state index >= 15 is 0 Å². The lowest BCUT2D eigenvalue weighted by Gasteiger charge is -2.10. The molecule has 146 valence electrons. The third-order valence-electron chi connectivity index (χ3n) is 4.93. The fourth-order valence-electron chi connectivity index (χ4n) is 3.38. The number of pyridine rings is 2. The van der Waals surface area contributed by atoms with Crippen LogP contribution in [0.2, 0.25) is 0 Å². The van der Waals surface area contributed by atoms with E-state index in [1.165, 1.54) is 0 Å². The summed E-state index contributed by atoms with van der Waals surface area (Å²) in [5.74, 6) is 0.770. The molecular weight excluding hydrogens is 392 g/mol. The molecule has 0 aliphatic rings. The molecule has 3 heterocycles. The minimum Gasteiger partial charge on any atom is -0.487 e. The molecule has 5 nitrogen and oxygen atoms in total. The van der Waals surface area contributed by atoms with Crippen molar-refractivity contribution in [2.24, 2.45) is 0 Å². The van der Waals surface area contributed by atoms with Gasteiger partial charge in [-0.2, -0.15) is 5.10 Å². The minimum atomic E-state index is 0.356. The summed E-state index contributed by atoms with van der Waals surface area (Å²) in [5, 5.41) is 8.38. The molecule has 3 aromatic heterocycles. The smallest absolute Gasteiger partial charge is 0.131 e. The van der Waals surface area contributed by atoms with Crippen molar-refractivity contribution in [3.8, 4) is 28.1 Å². The number of rotatable bonds is 5. The maximum absolute atomic E-state index is 5.96. The van der Waals surface area contributed by atoms with E-state index in [0.717, 1.165) is 49.6 Å². The average Bonchev–Trinajstić information content (AvgIpc) is 3.29. The molecule has 0 atom stereocenters. The highest BCUT2D eigenvalue weighted by Gasteiger charge is 2.10. The van der Waals surface area contributed by atoms with Crippen LogP contribution in [0.15, 0.2) is 90.2 Å². The summed E-state index contributed by atoms with van der Waals surface area (Å²) in [6.07, 6.45) is 5.38. The van der Waals surface area contributed by atoms with Crippen LogP contribution in [0, 0.1) is 0 Å². The lowest BCUT2D eigenvalue weighted by molar-refractivity contribution is 0.298. The first kappa shape index (κ1) is 18.4. The molecule has 0 spiro atoms. The largest absolute Gasteiger partial charge is 0.487 e. The number of nitrogens with zero attached hydrogens (tertiary/aromatic N) is 3. The van der Waals surface area contributed by atoms with Gasteiger partial charge in [0.25, 0.3) is 0 Å². The first-order valence-electron chi connectivity index (χ1n) is 9.52. The van der Waals surface area contributed by atoms with E-state index in [-0.39, 0.29) is 0 Å². The zero-order valence-electron chi connectivity index (χ0n) is 16.0. The van der Waals surface area contributed by atoms with Crippen molar-refractivity contribution in [2.75, 3.05) is 0 Å². The van der Waals surface area contributed by atoms with Gasteiger partial charge in [0.2, 0.25) is 0 Å². The second-order valence-corrected chi connectivity index (χ2v) is 7.34. The second kappa shape index (κ2) is 8.00. The van der Waals surface area contributed by atoms with Crippen LogP contribution in [-0.4, -0.2) is 20.2 Å². The zero-order valence-corrected chi connectivity index (χ0v) is 16.9. The summed E-state index contributed by atoms with van der Waals surface area (Å²) >= 11 is 4.56. The molecule has 0 bridgehead atoms. The van der Waals surface area contributed by atoms with Crippen LogP contribution in [0.1, 0.15) is 5.69 Å². The predicted octanol–water partition coefficient (Wildman–Crippen LogP) is 5.55. The molecule has 5 aromatic rings. The Bertz CT molecular complexity index is 1300. The highest BCUT2D eigenvalue weighted by molar-refractivity contribution is 7.80. The van der Waals surface area contributed by atoms with Crippen molar-refractivity contribution in [1.82, 2.24) is 20.2 Å². The monoisotopic (exact) mass is 410 g/mol. The SMILES string of the molecule is Sc1cc2ccccc2nc1COc1ccc(-c2[nH]ncc2-c2ccncc2)cc1. The van der Waals surface area contributed by atoms with E-state index in [1.807, 2.05) is 72.9 Å². The fraction of sp³-hybridized carbons (Fsp3) is 0.0417. The Kier molecular flexibility index (Phi) is 4.91. The van der Waals surface area contributed by atoms with Gasteiger partial charge < -0.3 is 4.74 Å². The number of hydrogen-bond acceptors (Lipinski definition) is 5. The summed E-state index contributed by atoms with van der Waals surface area (Å²) in [6.45, 7) is 0.356. The van der Waals surface area contributed by atoms with Gasteiger partial charge in [-0.25, -0.2) is 4.98 Å². The van der Waals surface area contributed by atoms with E-state index in [2.05, 4.69) is 32.8 Å². The molecule has 1 N–H and O–H groups in total. The van der Waals surface area contributed by atoms with E-state index in [4.69, 9.17) is 4.74 Å². The van der Waals surface area contributed by atoms with E-state index in [1.54, 1.807) is 12.4 Å². The van der Waals surface area contributed by atoms with Crippen molar-refractivity contribution in [2.45, 2.75) is 11.5 Å². The third kappa shape index (κ3) is 3.65. The van der Waals surface area contributed by atoms with Gasteiger partial charge in [-0.15, -0.1) is 12.6 Å². The van der Waals surface area contributed by atoms with Gasteiger partial charge in [-0.3, -0.25) is 10.1 Å². The number of ether oxygens (including phenoxy) is 1. The minimum absolute atomic E-state index is 0.356. The van der Waals surface area contributed by atoms with Crippen molar-refractivity contribution >= 4 is 23.5 Å². The van der Waals surface area contributed by atoms with Gasteiger partial charge in [0.15, 0.2) is 0 Å². The lowest BCUT2D eigenvalue weighted by atomic mass is 10.0. The molecule has 0 saturated heterocycles. The van der Waals surface area contributed by atoms with Crippen molar-refractivity contribution < 1.29 is 4.74 Å². The number of hydrogen-bond donors (Lipinski definition) is 2. The van der Waals surface area contributed by atoms with Crippen LogP contribution in [-0.2, 0) is 6.61 Å². The first-order chi connectivity index (χ1) is 14.8. The van der Waals surface area contributed by atoms with Crippen molar-refractivity contribution in [1.29, 1.82) is 0 Å². The molecule has 6 heteroatoms. The Labute approximate surface area is 179 Å². The summed E-state index contributed by atoms with van der Waals surface area (Å²) in [6, 6.07) is 21.9. The van der Waals surface area contributed by atoms with Crippen LogP contribution in [0.5, 0.6) is 5.75 Å². The highest BCUT2D eigenvalue weighted by atomic mass is 32.1.